The van der Waals surface area contributed by atoms with Gasteiger partial charge in [-0.25, -0.2) is 13.1 Å². The van der Waals surface area contributed by atoms with Crippen LogP contribution in [-0.2, 0) is 23.4 Å². The molecule has 0 saturated heterocycles. The molecule has 0 aliphatic heterocycles. The van der Waals surface area contributed by atoms with Gasteiger partial charge in [0.05, 0.1) is 34.9 Å². The highest BCUT2D eigenvalue weighted by molar-refractivity contribution is 7.91. The molecule has 0 fully saturated rings. The zero-order valence-corrected chi connectivity index (χ0v) is 15.4. The summed E-state index contributed by atoms with van der Waals surface area (Å²) in [5.41, 5.74) is 1.28. The maximum atomic E-state index is 12.7. The van der Waals surface area contributed by atoms with E-state index in [0.29, 0.717) is 16.5 Å². The highest BCUT2D eigenvalue weighted by atomic mass is 32.2. The summed E-state index contributed by atoms with van der Waals surface area (Å²) >= 11 is 0. The number of aromatic amines is 1. The molecule has 0 aliphatic carbocycles. The first-order valence-electron chi connectivity index (χ1n) is 8.09. The van der Waals surface area contributed by atoms with Gasteiger partial charge >= 0.3 is 0 Å². The van der Waals surface area contributed by atoms with Crippen LogP contribution < -0.4 is 5.56 Å². The second kappa shape index (κ2) is 6.16. The van der Waals surface area contributed by atoms with Crippen LogP contribution in [0.25, 0.3) is 10.8 Å². The third kappa shape index (κ3) is 3.04. The van der Waals surface area contributed by atoms with Gasteiger partial charge in [-0.1, -0.05) is 0 Å². The molecule has 0 atom stereocenters. The second-order valence-electron chi connectivity index (χ2n) is 6.25. The Morgan fingerprint density at radius 2 is 1.93 bits per heavy atom. The summed E-state index contributed by atoms with van der Waals surface area (Å²) in [6.07, 6.45) is 4.21. The second-order valence-corrected chi connectivity index (χ2v) is 8.20. The summed E-state index contributed by atoms with van der Waals surface area (Å²) in [4.78, 5) is 12.9. The van der Waals surface area contributed by atoms with Crippen molar-refractivity contribution in [2.45, 2.75) is 23.3 Å². The van der Waals surface area contributed by atoms with Crippen molar-refractivity contribution in [1.29, 1.82) is 0 Å². The first-order chi connectivity index (χ1) is 12.8. The molecule has 4 rings (SSSR count). The predicted molar refractivity (Wildman–Crippen MR) is 97.1 cm³/mol. The van der Waals surface area contributed by atoms with Crippen molar-refractivity contribution in [3.63, 3.8) is 0 Å². The molecule has 1 aromatic carbocycles. The number of aryl methyl sites for hydroxylation is 2. The third-order valence-corrected chi connectivity index (χ3v) is 5.90. The number of sulfone groups is 1. The van der Waals surface area contributed by atoms with Gasteiger partial charge in [0.2, 0.25) is 9.84 Å². The SMILES string of the molecule is Cc1cc(Cn2ncc3cc(S(=O)(=O)c4cnn(C)c4)ccc3c2=O)n[nH]1. The average Bonchev–Trinajstić information content (AvgIpc) is 3.26. The van der Waals surface area contributed by atoms with Gasteiger partial charge in [0, 0.05) is 24.3 Å². The molecule has 138 valence electrons. The molecule has 4 aromatic rings. The topological polar surface area (TPSA) is 116 Å². The molecule has 0 spiro atoms. The molecule has 0 radical (unpaired) electrons. The maximum absolute atomic E-state index is 12.7. The summed E-state index contributed by atoms with van der Waals surface area (Å²) in [5, 5.41) is 15.8. The lowest BCUT2D eigenvalue weighted by Gasteiger charge is -2.06. The van der Waals surface area contributed by atoms with Crippen LogP contribution in [0, 0.1) is 6.92 Å². The van der Waals surface area contributed by atoms with E-state index in [4.69, 9.17) is 0 Å². The molecule has 0 saturated carbocycles. The molecular formula is C17H16N6O3S. The Hall–Kier alpha value is -3.27. The van der Waals surface area contributed by atoms with Gasteiger partial charge in [-0.2, -0.15) is 15.3 Å². The number of hydrogen-bond acceptors (Lipinski definition) is 6. The average molecular weight is 384 g/mol. The van der Waals surface area contributed by atoms with Crippen LogP contribution >= 0.6 is 0 Å². The molecule has 3 aromatic heterocycles. The Kier molecular flexibility index (Phi) is 3.92. The molecule has 10 heteroatoms. The number of H-pyrrole nitrogens is 1. The fraction of sp³-hybridized carbons (Fsp3) is 0.176. The summed E-state index contributed by atoms with van der Waals surface area (Å²) in [7, 11) is -2.07. The number of hydrogen-bond donors (Lipinski definition) is 1. The van der Waals surface area contributed by atoms with E-state index in [1.165, 1.54) is 46.2 Å². The molecule has 0 amide bonds. The molecule has 9 nitrogen and oxygen atoms in total. The van der Waals surface area contributed by atoms with Crippen molar-refractivity contribution >= 4 is 20.6 Å². The van der Waals surface area contributed by atoms with Crippen LogP contribution in [0.3, 0.4) is 0 Å². The summed E-state index contributed by atoms with van der Waals surface area (Å²) in [6, 6.07) is 6.22. The van der Waals surface area contributed by atoms with E-state index in [9.17, 15) is 13.2 Å². The van der Waals surface area contributed by atoms with E-state index in [0.717, 1.165) is 5.69 Å². The van der Waals surface area contributed by atoms with Gasteiger partial charge < -0.3 is 0 Å². The first kappa shape index (κ1) is 17.2. The fourth-order valence-electron chi connectivity index (χ4n) is 2.83. The Balaban J connectivity index is 1.76. The highest BCUT2D eigenvalue weighted by Crippen LogP contribution is 2.23. The van der Waals surface area contributed by atoms with Gasteiger partial charge in [-0.3, -0.25) is 14.6 Å². The number of benzene rings is 1. The fourth-order valence-corrected chi connectivity index (χ4v) is 4.11. The van der Waals surface area contributed by atoms with Crippen molar-refractivity contribution in [1.82, 2.24) is 29.8 Å². The lowest BCUT2D eigenvalue weighted by molar-refractivity contribution is 0.596. The third-order valence-electron chi connectivity index (χ3n) is 4.20. The van der Waals surface area contributed by atoms with Crippen molar-refractivity contribution in [2.75, 3.05) is 0 Å². The van der Waals surface area contributed by atoms with E-state index >= 15 is 0 Å². The standard InChI is InChI=1S/C17H16N6O3S/c1-11-5-13(21-20-11)9-23-17(24)16-4-3-14(6-12(16)7-19-23)27(25,26)15-8-18-22(2)10-15/h3-8,10H,9H2,1-2H3,(H,20,21). The smallest absolute Gasteiger partial charge is 0.274 e. The van der Waals surface area contributed by atoms with E-state index in [-0.39, 0.29) is 21.9 Å². The Labute approximate surface area is 154 Å². The van der Waals surface area contributed by atoms with E-state index in [1.54, 1.807) is 7.05 Å². The van der Waals surface area contributed by atoms with Crippen molar-refractivity contribution < 1.29 is 8.42 Å². The first-order valence-corrected chi connectivity index (χ1v) is 9.57. The highest BCUT2D eigenvalue weighted by Gasteiger charge is 2.20. The molecule has 0 bridgehead atoms. The van der Waals surface area contributed by atoms with Crippen LogP contribution in [0.1, 0.15) is 11.4 Å². The number of fused-ring (bicyclic) bond motifs is 1. The number of aromatic nitrogens is 6. The van der Waals surface area contributed by atoms with Gasteiger partial charge in [0.15, 0.2) is 0 Å². The minimum Gasteiger partial charge on any atom is -0.283 e. The summed E-state index contributed by atoms with van der Waals surface area (Å²) < 4.78 is 28.2. The van der Waals surface area contributed by atoms with E-state index in [2.05, 4.69) is 20.4 Å². The van der Waals surface area contributed by atoms with E-state index < -0.39 is 9.84 Å². The summed E-state index contributed by atoms with van der Waals surface area (Å²) in [6.45, 7) is 2.10. The molecule has 0 unspecified atom stereocenters. The number of nitrogens with one attached hydrogen (secondary N) is 1. The van der Waals surface area contributed by atoms with E-state index in [1.807, 2.05) is 13.0 Å². The van der Waals surface area contributed by atoms with Crippen molar-refractivity contribution in [3.8, 4) is 0 Å². The van der Waals surface area contributed by atoms with Crippen LogP contribution in [0.15, 0.2) is 57.4 Å². The van der Waals surface area contributed by atoms with Crippen molar-refractivity contribution in [3.05, 3.63) is 64.6 Å². The number of rotatable bonds is 4. The van der Waals surface area contributed by atoms with Crippen molar-refractivity contribution in [2.24, 2.45) is 7.05 Å². The van der Waals surface area contributed by atoms with Crippen LogP contribution in [0.5, 0.6) is 0 Å². The van der Waals surface area contributed by atoms with Gasteiger partial charge in [-0.15, -0.1) is 0 Å². The van der Waals surface area contributed by atoms with Gasteiger partial charge in [0.1, 0.15) is 4.90 Å². The summed E-state index contributed by atoms with van der Waals surface area (Å²) in [5.74, 6) is 0. The Morgan fingerprint density at radius 1 is 1.11 bits per heavy atom. The monoisotopic (exact) mass is 384 g/mol. The Morgan fingerprint density at radius 3 is 2.59 bits per heavy atom. The van der Waals surface area contributed by atoms with Crippen LogP contribution in [-0.4, -0.2) is 38.2 Å². The van der Waals surface area contributed by atoms with Crippen LogP contribution in [0.2, 0.25) is 0 Å². The lowest BCUT2D eigenvalue weighted by atomic mass is 10.2. The zero-order valence-electron chi connectivity index (χ0n) is 14.6. The lowest BCUT2D eigenvalue weighted by Crippen LogP contribution is -2.23. The minimum atomic E-state index is -3.71. The molecule has 0 aliphatic rings. The molecule has 1 N–H and O–H groups in total. The Bertz CT molecular complexity index is 1320. The minimum absolute atomic E-state index is 0.0878. The maximum Gasteiger partial charge on any atom is 0.274 e. The molecular weight excluding hydrogens is 368 g/mol. The molecule has 3 heterocycles. The normalized spacial score (nSPS) is 11.9. The quantitative estimate of drug-likeness (QED) is 0.562. The zero-order chi connectivity index (χ0) is 19.2. The van der Waals surface area contributed by atoms with Crippen LogP contribution in [0.4, 0.5) is 0 Å². The van der Waals surface area contributed by atoms with Gasteiger partial charge in [-0.05, 0) is 31.2 Å². The number of nitrogens with zero attached hydrogens (tertiary/aromatic N) is 5. The largest absolute Gasteiger partial charge is 0.283 e. The predicted octanol–water partition coefficient (Wildman–Crippen LogP) is 1.04. The molecule has 27 heavy (non-hydrogen) atoms. The van der Waals surface area contributed by atoms with Gasteiger partial charge in [0.25, 0.3) is 5.56 Å².